The molecule has 1 saturated heterocycles. The molecule has 0 radical (unpaired) electrons. The van der Waals surface area contributed by atoms with Gasteiger partial charge in [-0.25, -0.2) is 0 Å². The van der Waals surface area contributed by atoms with E-state index in [1.54, 1.807) is 7.05 Å². The summed E-state index contributed by atoms with van der Waals surface area (Å²) >= 11 is 0. The summed E-state index contributed by atoms with van der Waals surface area (Å²) in [6.07, 6.45) is 5.90. The molecule has 1 aromatic carbocycles. The van der Waals surface area contributed by atoms with Gasteiger partial charge in [0.2, 0.25) is 11.8 Å². The van der Waals surface area contributed by atoms with Crippen molar-refractivity contribution in [1.82, 2.24) is 15.5 Å². The summed E-state index contributed by atoms with van der Waals surface area (Å²) in [6.45, 7) is 1.60. The van der Waals surface area contributed by atoms with Crippen molar-refractivity contribution in [2.45, 2.75) is 19.4 Å². The lowest BCUT2D eigenvalue weighted by molar-refractivity contribution is -0.140. The highest BCUT2D eigenvalue weighted by Crippen LogP contribution is 2.52. The Balaban J connectivity index is 1.09. The molecule has 5 rings (SSSR count). The van der Waals surface area contributed by atoms with E-state index in [-0.39, 0.29) is 35.5 Å². The van der Waals surface area contributed by atoms with Gasteiger partial charge in [-0.2, -0.15) is 0 Å². The van der Waals surface area contributed by atoms with Gasteiger partial charge < -0.3 is 15.1 Å². The number of allylic oxidation sites excluding steroid dienone is 2. The van der Waals surface area contributed by atoms with E-state index >= 15 is 0 Å². The van der Waals surface area contributed by atoms with Gasteiger partial charge in [-0.15, -0.1) is 0 Å². The van der Waals surface area contributed by atoms with E-state index in [0.717, 1.165) is 23.2 Å². The highest BCUT2D eigenvalue weighted by molar-refractivity contribution is 6.06. The van der Waals surface area contributed by atoms with E-state index in [1.807, 2.05) is 30.3 Å². The quantitative estimate of drug-likeness (QED) is 0.253. The molecule has 0 spiro atoms. The predicted molar refractivity (Wildman–Crippen MR) is 113 cm³/mol. The number of guanidine groups is 1. The van der Waals surface area contributed by atoms with E-state index in [2.05, 4.69) is 27.8 Å². The lowest BCUT2D eigenvalue weighted by atomic mass is 9.85. The number of hydrogen-bond acceptors (Lipinski definition) is 4. The second-order valence-electron chi connectivity index (χ2n) is 8.28. The molecule has 1 aromatic heterocycles. The van der Waals surface area contributed by atoms with Crippen molar-refractivity contribution in [3.8, 4) is 0 Å². The van der Waals surface area contributed by atoms with Gasteiger partial charge >= 0.3 is 0 Å². The van der Waals surface area contributed by atoms with Crippen LogP contribution in [0.25, 0.3) is 11.0 Å². The molecular formula is C23H26N4O3. The number of imide groups is 1. The minimum atomic E-state index is -0.112. The van der Waals surface area contributed by atoms with E-state index < -0.39 is 0 Å². The van der Waals surface area contributed by atoms with Gasteiger partial charge in [-0.05, 0) is 36.8 Å². The van der Waals surface area contributed by atoms with Gasteiger partial charge in [0, 0.05) is 25.5 Å². The predicted octanol–water partition coefficient (Wildman–Crippen LogP) is 2.29. The average Bonchev–Trinajstić information content (AvgIpc) is 3.51. The molecule has 4 unspecified atom stereocenters. The molecular weight excluding hydrogens is 380 g/mol. The molecule has 2 aromatic rings. The molecule has 1 aliphatic heterocycles. The second kappa shape index (κ2) is 7.63. The third-order valence-corrected chi connectivity index (χ3v) is 6.54. The van der Waals surface area contributed by atoms with Gasteiger partial charge in [0.05, 0.1) is 18.4 Å². The summed E-state index contributed by atoms with van der Waals surface area (Å²) in [5.41, 5.74) is 0.866. The number of fused-ring (bicyclic) bond motifs is 6. The molecule has 30 heavy (non-hydrogen) atoms. The summed E-state index contributed by atoms with van der Waals surface area (Å²) in [6, 6.07) is 9.92. The first kappa shape index (κ1) is 18.9. The Morgan fingerprint density at radius 3 is 2.57 bits per heavy atom. The molecule has 2 N–H and O–H groups in total. The van der Waals surface area contributed by atoms with Crippen LogP contribution < -0.4 is 10.6 Å². The molecule has 7 nitrogen and oxygen atoms in total. The summed E-state index contributed by atoms with van der Waals surface area (Å²) in [4.78, 5) is 31.1. The number of rotatable bonds is 6. The molecule has 2 heterocycles. The number of aliphatic imine (C=N–C) groups is 1. The van der Waals surface area contributed by atoms with Crippen molar-refractivity contribution in [2.75, 3.05) is 20.1 Å². The first-order valence-corrected chi connectivity index (χ1v) is 10.6. The van der Waals surface area contributed by atoms with Gasteiger partial charge in [0.25, 0.3) is 0 Å². The number of nitrogens with zero attached hydrogens (tertiary/aromatic N) is 2. The van der Waals surface area contributed by atoms with Crippen LogP contribution in [0, 0.1) is 23.7 Å². The van der Waals surface area contributed by atoms with Crippen molar-refractivity contribution in [3.63, 3.8) is 0 Å². The largest absolute Gasteiger partial charge is 0.459 e. The minimum Gasteiger partial charge on any atom is -0.459 e. The number of para-hydroxylation sites is 1. The molecule has 156 valence electrons. The number of hydrogen-bond donors (Lipinski definition) is 2. The van der Waals surface area contributed by atoms with Gasteiger partial charge in [-0.3, -0.25) is 19.5 Å². The zero-order valence-corrected chi connectivity index (χ0v) is 17.0. The Kier molecular flexibility index (Phi) is 4.81. The van der Waals surface area contributed by atoms with E-state index in [4.69, 9.17) is 4.42 Å². The maximum atomic E-state index is 12.7. The molecule has 2 fully saturated rings. The zero-order chi connectivity index (χ0) is 20.7. The zero-order valence-electron chi connectivity index (χ0n) is 17.0. The number of likely N-dealkylation sites (tertiary alicyclic amines) is 1. The summed E-state index contributed by atoms with van der Waals surface area (Å²) in [5.74, 6) is 1.85. The fraction of sp³-hybridized carbons (Fsp3) is 0.435. The number of benzene rings is 1. The van der Waals surface area contributed by atoms with Crippen LogP contribution in [0.15, 0.2) is 51.9 Å². The van der Waals surface area contributed by atoms with Crippen LogP contribution in [-0.2, 0) is 16.1 Å². The smallest absolute Gasteiger partial charge is 0.233 e. The Bertz CT molecular complexity index is 977. The van der Waals surface area contributed by atoms with E-state index in [0.29, 0.717) is 32.0 Å². The van der Waals surface area contributed by atoms with Crippen molar-refractivity contribution in [1.29, 1.82) is 0 Å². The molecule has 2 bridgehead atoms. The topological polar surface area (TPSA) is 86.9 Å². The number of carbonyl (C=O) groups is 2. The average molecular weight is 406 g/mol. The van der Waals surface area contributed by atoms with E-state index in [1.165, 1.54) is 4.90 Å². The molecule has 2 amide bonds. The third-order valence-electron chi connectivity index (χ3n) is 6.54. The SMILES string of the molecule is CN=C(NCCCN1C(=O)C2C3C=CC(C3)C2C1=O)NCc1cc2ccccc2o1. The van der Waals surface area contributed by atoms with E-state index in [9.17, 15) is 9.59 Å². The van der Waals surface area contributed by atoms with Crippen LogP contribution >= 0.6 is 0 Å². The Morgan fingerprint density at radius 1 is 1.13 bits per heavy atom. The van der Waals surface area contributed by atoms with Crippen LogP contribution in [0.4, 0.5) is 0 Å². The fourth-order valence-electron chi connectivity index (χ4n) is 5.14. The molecule has 7 heteroatoms. The standard InChI is InChI=1S/C23H26N4O3/c1-24-23(26-13-17-12-14-5-2-3-6-18(14)30-17)25-9-4-10-27-21(28)19-15-7-8-16(11-15)20(19)22(27)29/h2-3,5-8,12,15-16,19-20H,4,9-11,13H2,1H3,(H2,24,25,26). The Morgan fingerprint density at radius 2 is 1.87 bits per heavy atom. The third kappa shape index (κ3) is 3.18. The van der Waals surface area contributed by atoms with Gasteiger partial charge in [0.1, 0.15) is 11.3 Å². The molecule has 3 aliphatic rings. The van der Waals surface area contributed by atoms with Gasteiger partial charge in [0.15, 0.2) is 5.96 Å². The normalized spacial score (nSPS) is 27.4. The monoisotopic (exact) mass is 406 g/mol. The molecule has 4 atom stereocenters. The van der Waals surface area contributed by atoms with Crippen LogP contribution in [0.1, 0.15) is 18.6 Å². The van der Waals surface area contributed by atoms with Crippen LogP contribution in [0.3, 0.4) is 0 Å². The number of amides is 2. The lowest BCUT2D eigenvalue weighted by Gasteiger charge is -2.17. The first-order chi connectivity index (χ1) is 14.7. The molecule has 2 aliphatic carbocycles. The van der Waals surface area contributed by atoms with Crippen LogP contribution in [0.2, 0.25) is 0 Å². The first-order valence-electron chi connectivity index (χ1n) is 10.6. The number of nitrogens with one attached hydrogen (secondary N) is 2. The summed E-state index contributed by atoms with van der Waals surface area (Å²) < 4.78 is 5.81. The van der Waals surface area contributed by atoms with Gasteiger partial charge in [-0.1, -0.05) is 30.4 Å². The summed E-state index contributed by atoms with van der Waals surface area (Å²) in [7, 11) is 1.71. The van der Waals surface area contributed by atoms with Crippen molar-refractivity contribution < 1.29 is 14.0 Å². The second-order valence-corrected chi connectivity index (χ2v) is 8.28. The maximum absolute atomic E-state index is 12.7. The maximum Gasteiger partial charge on any atom is 0.233 e. The van der Waals surface area contributed by atoms with Crippen molar-refractivity contribution in [3.05, 3.63) is 48.2 Å². The highest BCUT2D eigenvalue weighted by atomic mass is 16.3. The summed E-state index contributed by atoms with van der Waals surface area (Å²) in [5, 5.41) is 7.55. The van der Waals surface area contributed by atoms with Crippen molar-refractivity contribution in [2.24, 2.45) is 28.7 Å². The van der Waals surface area contributed by atoms with Crippen LogP contribution in [-0.4, -0.2) is 42.8 Å². The number of furan rings is 1. The highest BCUT2D eigenvalue weighted by Gasteiger charge is 2.58. The Labute approximate surface area is 175 Å². The lowest BCUT2D eigenvalue weighted by Crippen LogP contribution is -2.39. The molecule has 1 saturated carbocycles. The number of carbonyl (C=O) groups excluding carboxylic acids is 2. The van der Waals surface area contributed by atoms with Crippen molar-refractivity contribution >= 4 is 28.7 Å². The van der Waals surface area contributed by atoms with Crippen LogP contribution in [0.5, 0.6) is 0 Å². The fourth-order valence-corrected chi connectivity index (χ4v) is 5.14. The minimum absolute atomic E-state index is 0.0224. The Hall–Kier alpha value is -3.09.